The van der Waals surface area contributed by atoms with E-state index in [9.17, 15) is 28.0 Å². The molecule has 1 heterocycles. The van der Waals surface area contributed by atoms with E-state index in [1.54, 1.807) is 0 Å². The zero-order valence-corrected chi connectivity index (χ0v) is 12.4. The molecule has 0 fully saturated rings. The predicted molar refractivity (Wildman–Crippen MR) is 77.4 cm³/mol. The van der Waals surface area contributed by atoms with Gasteiger partial charge in [0.05, 0.1) is 5.56 Å². The summed E-state index contributed by atoms with van der Waals surface area (Å²) in [6.07, 6.45) is -2.61. The van der Waals surface area contributed by atoms with Crippen molar-refractivity contribution >= 4 is 17.6 Å². The fraction of sp³-hybridized carbons (Fsp3) is 0.133. The molecule has 0 unspecified atom stereocenters. The van der Waals surface area contributed by atoms with Gasteiger partial charge in [-0.1, -0.05) is 0 Å². The molecule has 1 aromatic heterocycles. The highest BCUT2D eigenvalue weighted by Gasteiger charge is 2.30. The third kappa shape index (κ3) is 6.01. The van der Waals surface area contributed by atoms with E-state index in [0.717, 1.165) is 24.5 Å². The number of esters is 1. The van der Waals surface area contributed by atoms with Gasteiger partial charge in [-0.25, -0.2) is 4.79 Å². The van der Waals surface area contributed by atoms with Crippen molar-refractivity contribution in [1.29, 1.82) is 0 Å². The number of carbonyl (C=O) groups excluding carboxylic acids is 2. The molecule has 0 aliphatic heterocycles. The molecule has 132 valence electrons. The van der Waals surface area contributed by atoms with Crippen LogP contribution in [0.1, 0.15) is 10.4 Å². The van der Waals surface area contributed by atoms with E-state index >= 15 is 0 Å². The first-order valence-corrected chi connectivity index (χ1v) is 6.74. The van der Waals surface area contributed by atoms with Gasteiger partial charge in [-0.3, -0.25) is 4.79 Å². The van der Waals surface area contributed by atoms with Crippen molar-refractivity contribution in [2.24, 2.45) is 0 Å². The Morgan fingerprint density at radius 2 is 1.68 bits per heavy atom. The molecule has 1 aromatic carbocycles. The van der Waals surface area contributed by atoms with E-state index in [0.29, 0.717) is 4.73 Å². The highest BCUT2D eigenvalue weighted by atomic mass is 19.4. The number of alkyl halides is 3. The molecule has 25 heavy (non-hydrogen) atoms. The van der Waals surface area contributed by atoms with Gasteiger partial charge < -0.3 is 20.0 Å². The van der Waals surface area contributed by atoms with Crippen molar-refractivity contribution in [1.82, 2.24) is 0 Å². The Balaban J connectivity index is 1.83. The van der Waals surface area contributed by atoms with Crippen molar-refractivity contribution in [2.45, 2.75) is 6.36 Å². The number of pyridine rings is 1. The summed E-state index contributed by atoms with van der Waals surface area (Å²) in [5.74, 6) is -1.92. The van der Waals surface area contributed by atoms with Crippen LogP contribution in [-0.4, -0.2) is 24.8 Å². The van der Waals surface area contributed by atoms with Gasteiger partial charge in [0.15, 0.2) is 19.0 Å². The molecule has 2 aromatic rings. The zero-order valence-electron chi connectivity index (χ0n) is 12.4. The van der Waals surface area contributed by atoms with Crippen LogP contribution in [0.3, 0.4) is 0 Å². The molecule has 0 atom stereocenters. The number of anilines is 1. The Hall–Kier alpha value is -3.30. The predicted octanol–water partition coefficient (Wildman–Crippen LogP) is 2.01. The number of benzene rings is 1. The fourth-order valence-electron chi connectivity index (χ4n) is 1.70. The maximum Gasteiger partial charge on any atom is 0.573 e. The molecule has 0 saturated heterocycles. The van der Waals surface area contributed by atoms with Crippen LogP contribution < -0.4 is 14.8 Å². The van der Waals surface area contributed by atoms with Gasteiger partial charge >= 0.3 is 12.3 Å². The number of carbonyl (C=O) groups is 2. The van der Waals surface area contributed by atoms with Crippen LogP contribution >= 0.6 is 0 Å². The van der Waals surface area contributed by atoms with Crippen LogP contribution in [0, 0.1) is 5.21 Å². The number of amides is 1. The molecule has 0 saturated carbocycles. The smallest absolute Gasteiger partial charge is 0.573 e. The van der Waals surface area contributed by atoms with Crippen molar-refractivity contribution < 1.29 is 37.0 Å². The quantitative estimate of drug-likeness (QED) is 0.503. The summed E-state index contributed by atoms with van der Waals surface area (Å²) >= 11 is 0. The summed E-state index contributed by atoms with van der Waals surface area (Å²) in [5.41, 5.74) is 0.288. The van der Waals surface area contributed by atoms with Crippen molar-refractivity contribution in [2.75, 3.05) is 11.9 Å². The van der Waals surface area contributed by atoms with E-state index in [2.05, 4.69) is 10.1 Å². The number of hydrogen-bond donors (Lipinski definition) is 1. The van der Waals surface area contributed by atoms with Crippen molar-refractivity contribution in [3.63, 3.8) is 0 Å². The van der Waals surface area contributed by atoms with Crippen LogP contribution in [0.15, 0.2) is 48.8 Å². The fourth-order valence-corrected chi connectivity index (χ4v) is 1.70. The first-order chi connectivity index (χ1) is 11.7. The second-order valence-corrected chi connectivity index (χ2v) is 4.64. The summed E-state index contributed by atoms with van der Waals surface area (Å²) in [6.45, 7) is -0.605. The third-order valence-corrected chi connectivity index (χ3v) is 2.74. The lowest BCUT2D eigenvalue weighted by Crippen LogP contribution is -2.25. The zero-order chi connectivity index (χ0) is 18.4. The van der Waals surface area contributed by atoms with Crippen molar-refractivity contribution in [3.05, 3.63) is 59.6 Å². The molecule has 0 spiro atoms. The lowest BCUT2D eigenvalue weighted by molar-refractivity contribution is -0.605. The third-order valence-electron chi connectivity index (χ3n) is 2.74. The number of nitrogens with zero attached hydrogens (tertiary/aromatic N) is 1. The summed E-state index contributed by atoms with van der Waals surface area (Å²) in [7, 11) is 0. The Labute approximate surface area is 139 Å². The Bertz CT molecular complexity index is 745. The minimum atomic E-state index is -4.80. The number of nitrogens with one attached hydrogen (secondary N) is 1. The molecule has 10 heteroatoms. The Morgan fingerprint density at radius 1 is 1.08 bits per heavy atom. The lowest BCUT2D eigenvalue weighted by Gasteiger charge is -2.10. The molecule has 7 nitrogen and oxygen atoms in total. The molecule has 2 rings (SSSR count). The number of halogens is 3. The molecule has 0 bridgehead atoms. The van der Waals surface area contributed by atoms with E-state index in [1.807, 2.05) is 0 Å². The Morgan fingerprint density at radius 3 is 2.24 bits per heavy atom. The van der Waals surface area contributed by atoms with Crippen LogP contribution in [-0.2, 0) is 9.53 Å². The summed E-state index contributed by atoms with van der Waals surface area (Å²) in [6, 6.07) is 6.91. The van der Waals surface area contributed by atoms with Crippen LogP contribution in [0.25, 0.3) is 0 Å². The second kappa shape index (κ2) is 7.51. The largest absolute Gasteiger partial charge is 0.619 e. The van der Waals surface area contributed by atoms with Gasteiger partial charge in [-0.15, -0.1) is 13.2 Å². The summed E-state index contributed by atoms with van der Waals surface area (Å²) in [4.78, 5) is 23.3. The maximum absolute atomic E-state index is 12.0. The number of aromatic nitrogens is 1. The lowest BCUT2D eigenvalue weighted by atomic mass is 10.3. The van der Waals surface area contributed by atoms with Gasteiger partial charge in [-0.05, 0) is 24.3 Å². The number of hydrogen-bond acceptors (Lipinski definition) is 5. The maximum atomic E-state index is 12.0. The topological polar surface area (TPSA) is 91.6 Å². The molecule has 0 radical (unpaired) electrons. The van der Waals surface area contributed by atoms with E-state index in [1.165, 1.54) is 24.3 Å². The highest BCUT2D eigenvalue weighted by Crippen LogP contribution is 2.23. The van der Waals surface area contributed by atoms with E-state index in [-0.39, 0.29) is 11.3 Å². The standard InChI is InChI=1S/C15H11F3N2O5/c16-15(17,18)25-12-3-1-11(2-4-12)19-13(21)9-24-14(22)10-5-7-20(23)8-6-10/h1-8H,9H2,(H,19,21). The van der Waals surface area contributed by atoms with Crippen LogP contribution in [0.2, 0.25) is 0 Å². The van der Waals surface area contributed by atoms with Crippen LogP contribution in [0.4, 0.5) is 18.9 Å². The van der Waals surface area contributed by atoms with Gasteiger partial charge in [-0.2, -0.15) is 4.73 Å². The Kier molecular flexibility index (Phi) is 5.42. The van der Waals surface area contributed by atoms with E-state index < -0.39 is 30.6 Å². The normalized spacial score (nSPS) is 10.8. The first kappa shape index (κ1) is 18.0. The van der Waals surface area contributed by atoms with Gasteiger partial charge in [0.25, 0.3) is 5.91 Å². The van der Waals surface area contributed by atoms with Crippen LogP contribution in [0.5, 0.6) is 5.75 Å². The number of ether oxygens (including phenoxy) is 2. The summed E-state index contributed by atoms with van der Waals surface area (Å²) < 4.78 is 45.0. The monoisotopic (exact) mass is 356 g/mol. The average molecular weight is 356 g/mol. The minimum absolute atomic E-state index is 0.0913. The molecule has 0 aliphatic rings. The summed E-state index contributed by atoms with van der Waals surface area (Å²) in [5, 5.41) is 13.2. The molecule has 1 N–H and O–H groups in total. The minimum Gasteiger partial charge on any atom is -0.619 e. The number of rotatable bonds is 5. The van der Waals surface area contributed by atoms with E-state index in [4.69, 9.17) is 4.74 Å². The van der Waals surface area contributed by atoms with Gasteiger partial charge in [0.2, 0.25) is 0 Å². The molecule has 1 amide bonds. The van der Waals surface area contributed by atoms with Gasteiger partial charge in [0, 0.05) is 17.8 Å². The molecular formula is C15H11F3N2O5. The molecular weight excluding hydrogens is 345 g/mol. The van der Waals surface area contributed by atoms with Crippen molar-refractivity contribution in [3.8, 4) is 5.75 Å². The highest BCUT2D eigenvalue weighted by molar-refractivity contribution is 5.95. The van der Waals surface area contributed by atoms with Gasteiger partial charge in [0.1, 0.15) is 5.75 Å². The SMILES string of the molecule is O=C(COC(=O)c1cc[n+]([O-])cc1)Nc1ccc(OC(F)(F)F)cc1. The second-order valence-electron chi connectivity index (χ2n) is 4.64. The molecule has 0 aliphatic carbocycles. The average Bonchev–Trinajstić information content (AvgIpc) is 2.54. The first-order valence-electron chi connectivity index (χ1n) is 6.74.